The SMILES string of the molecule is O=C(O)CN(CC(=O)O)C(=O)SS. The Labute approximate surface area is 82.7 Å². The Kier molecular flexibility index (Phi) is 5.31. The number of amides is 1. The molecule has 0 spiro atoms. The maximum Gasteiger partial charge on any atom is 0.323 e. The van der Waals surface area contributed by atoms with E-state index >= 15 is 0 Å². The largest absolute Gasteiger partial charge is 0.480 e. The Morgan fingerprint density at radius 1 is 1.15 bits per heavy atom. The molecule has 1 amide bonds. The molecule has 0 aliphatic carbocycles. The summed E-state index contributed by atoms with van der Waals surface area (Å²) < 4.78 is 0. The van der Waals surface area contributed by atoms with Gasteiger partial charge in [0.05, 0.1) is 0 Å². The van der Waals surface area contributed by atoms with Crippen LogP contribution in [0.1, 0.15) is 0 Å². The highest BCUT2D eigenvalue weighted by Crippen LogP contribution is 2.11. The number of hydrogen-bond donors (Lipinski definition) is 3. The molecular weight excluding hydrogens is 218 g/mol. The van der Waals surface area contributed by atoms with E-state index in [1.807, 2.05) is 0 Å². The third-order valence-electron chi connectivity index (χ3n) is 0.989. The van der Waals surface area contributed by atoms with Crippen molar-refractivity contribution in [1.82, 2.24) is 4.90 Å². The number of carboxylic acids is 2. The Bertz CT molecular complexity index is 215. The molecule has 0 atom stereocenters. The summed E-state index contributed by atoms with van der Waals surface area (Å²) in [7, 11) is 0.472. The van der Waals surface area contributed by atoms with Crippen molar-refractivity contribution in [2.75, 3.05) is 13.1 Å². The van der Waals surface area contributed by atoms with Crippen molar-refractivity contribution in [2.45, 2.75) is 0 Å². The average Bonchev–Trinajstić information content (AvgIpc) is 2.00. The quantitative estimate of drug-likeness (QED) is 0.466. The summed E-state index contributed by atoms with van der Waals surface area (Å²) in [5.41, 5.74) is 0. The zero-order valence-electron chi connectivity index (χ0n) is 6.34. The van der Waals surface area contributed by atoms with Gasteiger partial charge in [-0.2, -0.15) is 0 Å². The van der Waals surface area contributed by atoms with E-state index in [-0.39, 0.29) is 0 Å². The molecule has 74 valence electrons. The minimum atomic E-state index is -1.27. The molecule has 8 heteroatoms. The van der Waals surface area contributed by atoms with Crippen LogP contribution in [0, 0.1) is 0 Å². The van der Waals surface area contributed by atoms with Crippen molar-refractivity contribution in [3.05, 3.63) is 0 Å². The molecule has 0 radical (unpaired) electrons. The number of rotatable bonds is 4. The van der Waals surface area contributed by atoms with E-state index in [4.69, 9.17) is 10.2 Å². The monoisotopic (exact) mass is 225 g/mol. The van der Waals surface area contributed by atoms with Crippen LogP contribution in [0.3, 0.4) is 0 Å². The van der Waals surface area contributed by atoms with Crippen molar-refractivity contribution >= 4 is 39.6 Å². The van der Waals surface area contributed by atoms with Crippen LogP contribution in [0.2, 0.25) is 0 Å². The van der Waals surface area contributed by atoms with E-state index in [0.717, 1.165) is 0 Å². The van der Waals surface area contributed by atoms with Crippen LogP contribution in [0.4, 0.5) is 4.79 Å². The summed E-state index contributed by atoms with van der Waals surface area (Å²) in [4.78, 5) is 31.9. The maximum absolute atomic E-state index is 10.9. The van der Waals surface area contributed by atoms with Gasteiger partial charge in [-0.15, -0.1) is 11.7 Å². The molecular formula is C5H7NO5S2. The van der Waals surface area contributed by atoms with Gasteiger partial charge in [0.2, 0.25) is 0 Å². The van der Waals surface area contributed by atoms with Gasteiger partial charge in [-0.25, -0.2) is 0 Å². The zero-order chi connectivity index (χ0) is 10.4. The standard InChI is InChI=1S/C5H7NO5S2/c7-3(8)1-6(2-4(9)10)5(11)13-12/h12H,1-2H2,(H,7,8)(H,9,10). The van der Waals surface area contributed by atoms with E-state index in [2.05, 4.69) is 11.7 Å². The summed E-state index contributed by atoms with van der Waals surface area (Å²) in [5, 5.41) is 15.9. The topological polar surface area (TPSA) is 94.9 Å². The minimum Gasteiger partial charge on any atom is -0.480 e. The van der Waals surface area contributed by atoms with Crippen LogP contribution in [0.5, 0.6) is 0 Å². The van der Waals surface area contributed by atoms with E-state index in [0.29, 0.717) is 15.7 Å². The Hall–Kier alpha value is -0.890. The molecule has 0 aromatic heterocycles. The van der Waals surface area contributed by atoms with Crippen molar-refractivity contribution in [1.29, 1.82) is 0 Å². The van der Waals surface area contributed by atoms with Gasteiger partial charge in [-0.3, -0.25) is 14.4 Å². The first-order valence-corrected chi connectivity index (χ1v) is 4.88. The van der Waals surface area contributed by atoms with Crippen molar-refractivity contribution < 1.29 is 24.6 Å². The molecule has 0 aromatic carbocycles. The van der Waals surface area contributed by atoms with Gasteiger partial charge in [-0.05, 0) is 0 Å². The van der Waals surface area contributed by atoms with E-state index in [9.17, 15) is 14.4 Å². The lowest BCUT2D eigenvalue weighted by Crippen LogP contribution is -2.36. The number of aliphatic carboxylic acids is 2. The van der Waals surface area contributed by atoms with Gasteiger partial charge in [0.1, 0.15) is 13.1 Å². The van der Waals surface area contributed by atoms with Gasteiger partial charge in [-0.1, -0.05) is 0 Å². The van der Waals surface area contributed by atoms with Crippen LogP contribution >= 0.6 is 22.5 Å². The number of hydrogen-bond acceptors (Lipinski definition) is 5. The molecule has 0 saturated carbocycles. The first-order valence-electron chi connectivity index (χ1n) is 3.01. The van der Waals surface area contributed by atoms with Crippen LogP contribution < -0.4 is 0 Å². The number of carbonyl (C=O) groups excluding carboxylic acids is 1. The summed E-state index contributed by atoms with van der Waals surface area (Å²) in [5.74, 6) is -2.53. The molecule has 6 nitrogen and oxygen atoms in total. The summed E-state index contributed by atoms with van der Waals surface area (Å²) >= 11 is 3.54. The highest BCUT2D eigenvalue weighted by molar-refractivity contribution is 8.74. The minimum absolute atomic E-state index is 0.472. The Morgan fingerprint density at radius 3 is 1.77 bits per heavy atom. The number of nitrogens with zero attached hydrogens (tertiary/aromatic N) is 1. The fraction of sp³-hybridized carbons (Fsp3) is 0.400. The van der Waals surface area contributed by atoms with Crippen molar-refractivity contribution in [2.24, 2.45) is 0 Å². The van der Waals surface area contributed by atoms with Gasteiger partial charge in [0.15, 0.2) is 0 Å². The predicted molar refractivity (Wildman–Crippen MR) is 48.8 cm³/mol. The highest BCUT2D eigenvalue weighted by atomic mass is 33.1. The van der Waals surface area contributed by atoms with Crippen LogP contribution in [-0.2, 0) is 9.59 Å². The first-order chi connectivity index (χ1) is 5.97. The van der Waals surface area contributed by atoms with Crippen LogP contribution in [0.15, 0.2) is 0 Å². The molecule has 0 aromatic rings. The van der Waals surface area contributed by atoms with Gasteiger partial charge < -0.3 is 15.1 Å². The number of thiol groups is 1. The summed E-state index contributed by atoms with van der Waals surface area (Å²) in [6, 6.07) is 0. The van der Waals surface area contributed by atoms with E-state index in [1.165, 1.54) is 0 Å². The molecule has 0 unspecified atom stereocenters. The average molecular weight is 225 g/mol. The molecule has 0 aliphatic rings. The normalized spacial score (nSPS) is 9.31. The second-order valence-electron chi connectivity index (χ2n) is 2.00. The Morgan fingerprint density at radius 2 is 1.54 bits per heavy atom. The summed E-state index contributed by atoms with van der Waals surface area (Å²) in [6.45, 7) is -1.28. The molecule has 0 rings (SSSR count). The predicted octanol–water partition coefficient (Wildman–Crippen LogP) is 0.156. The van der Waals surface area contributed by atoms with Crippen LogP contribution in [0.25, 0.3) is 0 Å². The fourth-order valence-electron chi connectivity index (χ4n) is 0.569. The lowest BCUT2D eigenvalue weighted by molar-refractivity contribution is -0.140. The molecule has 0 aliphatic heterocycles. The molecule has 2 N–H and O–H groups in total. The molecule has 0 fully saturated rings. The number of carboxylic acid groups (broad SMARTS) is 2. The highest BCUT2D eigenvalue weighted by Gasteiger charge is 2.18. The summed E-state index contributed by atoms with van der Waals surface area (Å²) in [6.07, 6.45) is 0. The van der Waals surface area contributed by atoms with E-state index < -0.39 is 30.3 Å². The lowest BCUT2D eigenvalue weighted by Gasteiger charge is -2.15. The van der Waals surface area contributed by atoms with Gasteiger partial charge >= 0.3 is 11.9 Å². The Balaban J connectivity index is 4.26. The van der Waals surface area contributed by atoms with Gasteiger partial charge in [0, 0.05) is 10.8 Å². The first kappa shape index (κ1) is 12.1. The van der Waals surface area contributed by atoms with Crippen molar-refractivity contribution in [3.63, 3.8) is 0 Å². The molecule has 0 bridgehead atoms. The second-order valence-corrected chi connectivity index (χ2v) is 3.08. The fourth-order valence-corrected chi connectivity index (χ4v) is 1.16. The van der Waals surface area contributed by atoms with Crippen LogP contribution in [-0.4, -0.2) is 45.4 Å². The third-order valence-corrected chi connectivity index (χ3v) is 1.87. The molecule has 0 saturated heterocycles. The third kappa shape index (κ3) is 5.36. The number of carbonyl (C=O) groups is 3. The smallest absolute Gasteiger partial charge is 0.323 e. The second kappa shape index (κ2) is 5.70. The van der Waals surface area contributed by atoms with E-state index in [1.54, 1.807) is 0 Å². The van der Waals surface area contributed by atoms with Gasteiger partial charge in [0.25, 0.3) is 5.24 Å². The lowest BCUT2D eigenvalue weighted by atomic mass is 10.5. The van der Waals surface area contributed by atoms with Crippen molar-refractivity contribution in [3.8, 4) is 0 Å². The zero-order valence-corrected chi connectivity index (χ0v) is 8.05. The maximum atomic E-state index is 10.9. The molecule has 13 heavy (non-hydrogen) atoms. The molecule has 0 heterocycles.